The molecule has 1 heterocycles. The van der Waals surface area contributed by atoms with Crippen molar-refractivity contribution in [2.24, 2.45) is 0 Å². The first kappa shape index (κ1) is 18.6. The molecule has 0 fully saturated rings. The number of nitrogens with one attached hydrogen (secondary N) is 1. The number of benzene rings is 2. The van der Waals surface area contributed by atoms with Crippen molar-refractivity contribution in [3.8, 4) is 11.5 Å². The summed E-state index contributed by atoms with van der Waals surface area (Å²) >= 11 is 0. The first-order chi connectivity index (χ1) is 13.1. The van der Waals surface area contributed by atoms with Crippen LogP contribution in [0.15, 0.2) is 67.0 Å². The molecule has 1 amide bonds. The zero-order chi connectivity index (χ0) is 19.2. The van der Waals surface area contributed by atoms with Crippen LogP contribution in [0.25, 0.3) is 0 Å². The standard InChI is InChI=1S/C22H24N2O3/c1-16-6-8-17(9-7-16)20(24-12-4-5-13-24)15-22(25)23-19-11-10-18(26-2)14-21(19)27-3/h4-14,20H,15H2,1-3H3,(H,23,25)/t20-/m0/s1. The summed E-state index contributed by atoms with van der Waals surface area (Å²) in [4.78, 5) is 12.8. The minimum Gasteiger partial charge on any atom is -0.497 e. The number of aryl methyl sites for hydroxylation is 1. The lowest BCUT2D eigenvalue weighted by molar-refractivity contribution is -0.116. The first-order valence-corrected chi connectivity index (χ1v) is 8.81. The molecule has 0 bridgehead atoms. The molecule has 0 aliphatic heterocycles. The Labute approximate surface area is 159 Å². The number of methoxy groups -OCH3 is 2. The highest BCUT2D eigenvalue weighted by Gasteiger charge is 2.18. The van der Waals surface area contributed by atoms with Crippen LogP contribution in [-0.4, -0.2) is 24.7 Å². The van der Waals surface area contributed by atoms with Gasteiger partial charge < -0.3 is 19.4 Å². The van der Waals surface area contributed by atoms with E-state index in [1.807, 2.05) is 24.5 Å². The maximum absolute atomic E-state index is 12.8. The second kappa shape index (κ2) is 8.45. The highest BCUT2D eigenvalue weighted by Crippen LogP contribution is 2.30. The van der Waals surface area contributed by atoms with Gasteiger partial charge in [-0.25, -0.2) is 0 Å². The molecule has 0 unspecified atom stereocenters. The molecule has 5 heteroatoms. The summed E-state index contributed by atoms with van der Waals surface area (Å²) in [6.07, 6.45) is 4.27. The highest BCUT2D eigenvalue weighted by molar-refractivity contribution is 5.93. The average Bonchev–Trinajstić information content (AvgIpc) is 3.21. The van der Waals surface area contributed by atoms with Gasteiger partial charge in [0, 0.05) is 18.5 Å². The Morgan fingerprint density at radius 1 is 1.04 bits per heavy atom. The number of aromatic nitrogens is 1. The van der Waals surface area contributed by atoms with E-state index in [9.17, 15) is 4.79 Å². The van der Waals surface area contributed by atoms with Gasteiger partial charge in [0.1, 0.15) is 11.5 Å². The van der Waals surface area contributed by atoms with E-state index >= 15 is 0 Å². The number of anilines is 1. The van der Waals surface area contributed by atoms with Crippen molar-refractivity contribution in [3.63, 3.8) is 0 Å². The van der Waals surface area contributed by atoms with Crippen LogP contribution in [0, 0.1) is 6.92 Å². The lowest BCUT2D eigenvalue weighted by atomic mass is 10.0. The Morgan fingerprint density at radius 2 is 1.74 bits per heavy atom. The number of ether oxygens (including phenoxy) is 2. The summed E-state index contributed by atoms with van der Waals surface area (Å²) < 4.78 is 12.6. The Bertz CT molecular complexity index is 886. The largest absolute Gasteiger partial charge is 0.497 e. The molecule has 0 spiro atoms. The molecule has 0 aliphatic carbocycles. The molecule has 27 heavy (non-hydrogen) atoms. The van der Waals surface area contributed by atoms with Gasteiger partial charge in [0.25, 0.3) is 0 Å². The molecule has 140 valence electrons. The highest BCUT2D eigenvalue weighted by atomic mass is 16.5. The van der Waals surface area contributed by atoms with Crippen LogP contribution in [0.5, 0.6) is 11.5 Å². The van der Waals surface area contributed by atoms with E-state index in [4.69, 9.17) is 9.47 Å². The van der Waals surface area contributed by atoms with Gasteiger partial charge in [-0.3, -0.25) is 4.79 Å². The van der Waals surface area contributed by atoms with Gasteiger partial charge in [-0.1, -0.05) is 29.8 Å². The normalized spacial score (nSPS) is 11.7. The van der Waals surface area contributed by atoms with Gasteiger partial charge in [-0.15, -0.1) is 0 Å². The van der Waals surface area contributed by atoms with Crippen LogP contribution in [-0.2, 0) is 4.79 Å². The summed E-state index contributed by atoms with van der Waals surface area (Å²) in [5, 5.41) is 2.95. The third-order valence-electron chi connectivity index (χ3n) is 4.51. The van der Waals surface area contributed by atoms with Crippen LogP contribution in [0.4, 0.5) is 5.69 Å². The van der Waals surface area contributed by atoms with E-state index < -0.39 is 0 Å². The Hall–Kier alpha value is -3.21. The predicted molar refractivity (Wildman–Crippen MR) is 107 cm³/mol. The van der Waals surface area contributed by atoms with E-state index in [0.29, 0.717) is 23.6 Å². The maximum atomic E-state index is 12.8. The number of carbonyl (C=O) groups is 1. The molecule has 2 aromatic carbocycles. The van der Waals surface area contributed by atoms with E-state index in [-0.39, 0.29) is 11.9 Å². The average molecular weight is 364 g/mol. The van der Waals surface area contributed by atoms with E-state index in [0.717, 1.165) is 5.56 Å². The second-order valence-electron chi connectivity index (χ2n) is 6.38. The number of hydrogen-bond acceptors (Lipinski definition) is 3. The smallest absolute Gasteiger partial charge is 0.226 e. The fourth-order valence-electron chi connectivity index (χ4n) is 3.02. The van der Waals surface area contributed by atoms with Crippen LogP contribution in [0.3, 0.4) is 0 Å². The van der Waals surface area contributed by atoms with Gasteiger partial charge in [-0.2, -0.15) is 0 Å². The van der Waals surface area contributed by atoms with Gasteiger partial charge in [0.2, 0.25) is 5.91 Å². The summed E-state index contributed by atoms with van der Waals surface area (Å²) in [5.41, 5.74) is 2.91. The fraction of sp³-hybridized carbons (Fsp3) is 0.227. The number of rotatable bonds is 7. The van der Waals surface area contributed by atoms with E-state index in [2.05, 4.69) is 41.1 Å². The number of amides is 1. The molecule has 5 nitrogen and oxygen atoms in total. The molecule has 0 saturated heterocycles. The van der Waals surface area contributed by atoms with Crippen molar-refractivity contribution < 1.29 is 14.3 Å². The summed E-state index contributed by atoms with van der Waals surface area (Å²) in [7, 11) is 3.16. The van der Waals surface area contributed by atoms with Gasteiger partial charge >= 0.3 is 0 Å². The zero-order valence-electron chi connectivity index (χ0n) is 15.8. The molecule has 0 radical (unpaired) electrons. The molecule has 1 atom stereocenters. The molecule has 1 aromatic heterocycles. The van der Waals surface area contributed by atoms with Crippen LogP contribution < -0.4 is 14.8 Å². The van der Waals surface area contributed by atoms with Gasteiger partial charge in [-0.05, 0) is 36.8 Å². The van der Waals surface area contributed by atoms with Crippen LogP contribution >= 0.6 is 0 Å². The van der Waals surface area contributed by atoms with Crippen molar-refractivity contribution in [2.45, 2.75) is 19.4 Å². The molecule has 3 aromatic rings. The summed E-state index contributed by atoms with van der Waals surface area (Å²) in [6.45, 7) is 2.05. The minimum atomic E-state index is -0.0854. The monoisotopic (exact) mass is 364 g/mol. The molecule has 1 N–H and O–H groups in total. The van der Waals surface area contributed by atoms with Gasteiger partial charge in [0.05, 0.1) is 32.4 Å². The van der Waals surface area contributed by atoms with Crippen LogP contribution in [0.1, 0.15) is 23.6 Å². The molecular weight excluding hydrogens is 340 g/mol. The molecular formula is C22H24N2O3. The first-order valence-electron chi connectivity index (χ1n) is 8.81. The van der Waals surface area contributed by atoms with E-state index in [1.165, 1.54) is 5.56 Å². The molecule has 0 aliphatic rings. The molecule has 0 saturated carbocycles. The maximum Gasteiger partial charge on any atom is 0.226 e. The Balaban J connectivity index is 1.80. The van der Waals surface area contributed by atoms with Crippen molar-refractivity contribution in [1.29, 1.82) is 0 Å². The van der Waals surface area contributed by atoms with Crippen molar-refractivity contribution >= 4 is 11.6 Å². The summed E-state index contributed by atoms with van der Waals surface area (Å²) in [6, 6.07) is 17.4. The quantitative estimate of drug-likeness (QED) is 0.675. The SMILES string of the molecule is COc1ccc(NC(=O)C[C@@H](c2ccc(C)cc2)n2cccc2)c(OC)c1. The third-order valence-corrected chi connectivity index (χ3v) is 4.51. The Morgan fingerprint density at radius 3 is 2.37 bits per heavy atom. The number of nitrogens with zero attached hydrogens (tertiary/aromatic N) is 1. The van der Waals surface area contributed by atoms with Crippen molar-refractivity contribution in [3.05, 3.63) is 78.1 Å². The van der Waals surface area contributed by atoms with Crippen molar-refractivity contribution in [1.82, 2.24) is 4.57 Å². The minimum absolute atomic E-state index is 0.0788. The topological polar surface area (TPSA) is 52.5 Å². The lowest BCUT2D eigenvalue weighted by Gasteiger charge is -2.20. The number of carbonyl (C=O) groups excluding carboxylic acids is 1. The van der Waals surface area contributed by atoms with E-state index in [1.54, 1.807) is 32.4 Å². The molecule has 3 rings (SSSR count). The van der Waals surface area contributed by atoms with Crippen molar-refractivity contribution in [2.75, 3.05) is 19.5 Å². The number of hydrogen-bond donors (Lipinski definition) is 1. The van der Waals surface area contributed by atoms with Gasteiger partial charge in [0.15, 0.2) is 0 Å². The Kier molecular flexibility index (Phi) is 5.81. The zero-order valence-corrected chi connectivity index (χ0v) is 15.8. The fourth-order valence-corrected chi connectivity index (χ4v) is 3.02. The summed E-state index contributed by atoms with van der Waals surface area (Å²) in [5.74, 6) is 1.16. The predicted octanol–water partition coefficient (Wildman–Crippen LogP) is 4.43. The third kappa shape index (κ3) is 4.50. The second-order valence-corrected chi connectivity index (χ2v) is 6.38. The van der Waals surface area contributed by atoms with Crippen LogP contribution in [0.2, 0.25) is 0 Å². The lowest BCUT2D eigenvalue weighted by Crippen LogP contribution is -2.20.